The quantitative estimate of drug-likeness (QED) is 0.604. The molecule has 2 aliphatic rings. The molecule has 1 saturated carbocycles. The minimum Gasteiger partial charge on any atom is -0.348 e. The van der Waals surface area contributed by atoms with Crippen molar-refractivity contribution < 1.29 is 4.79 Å². The third-order valence-corrected chi connectivity index (χ3v) is 7.16. The monoisotopic (exact) mass is 416 g/mol. The average Bonchev–Trinajstić information content (AvgIpc) is 2.95. The fourth-order valence-corrected chi connectivity index (χ4v) is 4.41. The zero-order valence-electron chi connectivity index (χ0n) is 15.5. The highest BCUT2D eigenvalue weighted by molar-refractivity contribution is 7.80. The van der Waals surface area contributed by atoms with Gasteiger partial charge in [0.2, 0.25) is 5.91 Å². The lowest BCUT2D eigenvalue weighted by Gasteiger charge is -2.36. The molecule has 2 heterocycles. The van der Waals surface area contributed by atoms with Crippen molar-refractivity contribution in [3.05, 3.63) is 23.5 Å². The van der Waals surface area contributed by atoms with Gasteiger partial charge in [0, 0.05) is 50.7 Å². The second-order valence-corrected chi connectivity index (χ2v) is 9.44. The van der Waals surface area contributed by atoms with E-state index in [-0.39, 0.29) is 5.91 Å². The van der Waals surface area contributed by atoms with Crippen LogP contribution in [0.3, 0.4) is 0 Å². The van der Waals surface area contributed by atoms with Crippen LogP contribution in [0.4, 0.5) is 0 Å². The minimum absolute atomic E-state index is 0.187. The van der Waals surface area contributed by atoms with E-state index in [0.29, 0.717) is 11.5 Å². The summed E-state index contributed by atoms with van der Waals surface area (Å²) in [4.78, 5) is 16.8. The van der Waals surface area contributed by atoms with Gasteiger partial charge in [-0.05, 0) is 51.5 Å². The van der Waals surface area contributed by atoms with Gasteiger partial charge in [-0.2, -0.15) is 0 Å². The van der Waals surface area contributed by atoms with Crippen LogP contribution < -0.4 is 5.32 Å². The maximum Gasteiger partial charge on any atom is 0.235 e. The number of hydrogen-bond donors (Lipinski definition) is 1. The van der Waals surface area contributed by atoms with Gasteiger partial charge in [0.25, 0.3) is 0 Å². The van der Waals surface area contributed by atoms with Gasteiger partial charge in [-0.3, -0.25) is 9.69 Å². The Bertz CT molecular complexity index is 693. The summed E-state index contributed by atoms with van der Waals surface area (Å²) in [5.41, 5.74) is 1.86. The number of thiocarbonyl (C=S) groups is 1. The Morgan fingerprint density at radius 1 is 1.15 bits per heavy atom. The number of hydrogen-bond acceptors (Lipinski definition) is 3. The Balaban J connectivity index is 1.43. The summed E-state index contributed by atoms with van der Waals surface area (Å²) in [5, 5.41) is 3.29. The van der Waals surface area contributed by atoms with Crippen LogP contribution in [-0.2, 0) is 11.3 Å². The van der Waals surface area contributed by atoms with E-state index in [0.717, 1.165) is 39.3 Å². The van der Waals surface area contributed by atoms with E-state index >= 15 is 0 Å². The summed E-state index contributed by atoms with van der Waals surface area (Å²) >= 11 is 17.5. The maximum absolute atomic E-state index is 12.4. The number of nitrogens with zero attached hydrogens (tertiary/aromatic N) is 3. The third-order valence-electron chi connectivity index (χ3n) is 5.70. The highest BCUT2D eigenvalue weighted by atomic mass is 35.5. The number of aryl methyl sites for hydroxylation is 2. The first-order chi connectivity index (χ1) is 12.1. The van der Waals surface area contributed by atoms with E-state index in [1.807, 2.05) is 4.90 Å². The molecule has 1 N–H and O–H groups in total. The molecular weight excluding hydrogens is 391 g/mol. The summed E-state index contributed by atoms with van der Waals surface area (Å²) in [5.74, 6) is -0.187. The standard InChI is InChI=1S/C18H26Cl2N4OS/c1-13-4-5-14(2)24(13)11-8-22-6-9-23(10-7-22)16(26)21-15(25)17(3)12-18(17,19)20/h4-5H,6-12H2,1-3H3,(H,21,25,26). The molecule has 1 aromatic heterocycles. The van der Waals surface area contributed by atoms with Gasteiger partial charge in [-0.25, -0.2) is 0 Å². The summed E-state index contributed by atoms with van der Waals surface area (Å²) < 4.78 is 1.37. The Morgan fingerprint density at radius 3 is 2.19 bits per heavy atom. The van der Waals surface area contributed by atoms with Gasteiger partial charge in [0.1, 0.15) is 4.33 Å². The lowest BCUT2D eigenvalue weighted by Crippen LogP contribution is -2.54. The van der Waals surface area contributed by atoms with Crippen molar-refractivity contribution in [2.24, 2.45) is 5.41 Å². The molecule has 5 nitrogen and oxygen atoms in total. The van der Waals surface area contributed by atoms with Crippen LogP contribution >= 0.6 is 35.4 Å². The van der Waals surface area contributed by atoms with Crippen LogP contribution in [0, 0.1) is 19.3 Å². The van der Waals surface area contributed by atoms with E-state index in [2.05, 4.69) is 40.8 Å². The number of halogens is 2. The number of alkyl halides is 2. The zero-order valence-corrected chi connectivity index (χ0v) is 17.8. The van der Waals surface area contributed by atoms with Crippen LogP contribution in [0.15, 0.2) is 12.1 Å². The van der Waals surface area contributed by atoms with Crippen LogP contribution in [-0.4, -0.2) is 62.4 Å². The number of carbonyl (C=O) groups excluding carboxylic acids is 1. The minimum atomic E-state index is -0.972. The van der Waals surface area contributed by atoms with Gasteiger partial charge in [-0.15, -0.1) is 23.2 Å². The number of carbonyl (C=O) groups is 1. The molecule has 0 spiro atoms. The molecule has 26 heavy (non-hydrogen) atoms. The molecule has 1 unspecified atom stereocenters. The Labute approximate surface area is 170 Å². The zero-order chi connectivity index (χ0) is 19.1. The first kappa shape index (κ1) is 19.9. The van der Waals surface area contributed by atoms with Crippen molar-refractivity contribution in [1.82, 2.24) is 19.7 Å². The Kier molecular flexibility index (Phi) is 5.60. The van der Waals surface area contributed by atoms with E-state index in [9.17, 15) is 4.79 Å². The molecule has 1 atom stereocenters. The molecule has 1 aromatic rings. The Morgan fingerprint density at radius 2 is 1.69 bits per heavy atom. The van der Waals surface area contributed by atoms with Crippen molar-refractivity contribution in [2.75, 3.05) is 32.7 Å². The smallest absolute Gasteiger partial charge is 0.235 e. The van der Waals surface area contributed by atoms with Gasteiger partial charge >= 0.3 is 0 Å². The largest absolute Gasteiger partial charge is 0.348 e. The first-order valence-corrected chi connectivity index (χ1v) is 10.1. The first-order valence-electron chi connectivity index (χ1n) is 8.97. The van der Waals surface area contributed by atoms with Crippen LogP contribution in [0.1, 0.15) is 24.7 Å². The Hall–Kier alpha value is -0.820. The molecule has 1 amide bonds. The summed E-state index contributed by atoms with van der Waals surface area (Å²) in [6.07, 6.45) is 0.462. The molecule has 0 radical (unpaired) electrons. The maximum atomic E-state index is 12.4. The highest BCUT2D eigenvalue weighted by Crippen LogP contribution is 2.63. The van der Waals surface area contributed by atoms with Crippen LogP contribution in [0.25, 0.3) is 0 Å². The topological polar surface area (TPSA) is 40.5 Å². The van der Waals surface area contributed by atoms with Gasteiger partial charge in [0.15, 0.2) is 5.11 Å². The van der Waals surface area contributed by atoms with Crippen molar-refractivity contribution in [3.63, 3.8) is 0 Å². The van der Waals surface area contributed by atoms with Crippen molar-refractivity contribution in [2.45, 2.75) is 38.1 Å². The molecule has 1 saturated heterocycles. The van der Waals surface area contributed by atoms with E-state index < -0.39 is 9.75 Å². The summed E-state index contributed by atoms with van der Waals surface area (Å²) in [7, 11) is 0. The lowest BCUT2D eigenvalue weighted by molar-refractivity contribution is -0.124. The number of amides is 1. The van der Waals surface area contributed by atoms with Crippen molar-refractivity contribution in [3.8, 4) is 0 Å². The van der Waals surface area contributed by atoms with Crippen molar-refractivity contribution >= 4 is 46.4 Å². The molecule has 2 fully saturated rings. The molecular formula is C18H26Cl2N4OS. The van der Waals surface area contributed by atoms with Crippen LogP contribution in [0.5, 0.6) is 0 Å². The second-order valence-electron chi connectivity index (χ2n) is 7.57. The van der Waals surface area contributed by atoms with E-state index in [1.165, 1.54) is 11.4 Å². The van der Waals surface area contributed by atoms with Gasteiger partial charge < -0.3 is 14.8 Å². The fraction of sp³-hybridized carbons (Fsp3) is 0.667. The molecule has 0 aromatic carbocycles. The fourth-order valence-electron chi connectivity index (χ4n) is 3.43. The number of aromatic nitrogens is 1. The summed E-state index contributed by atoms with van der Waals surface area (Å²) in [6, 6.07) is 4.32. The predicted molar refractivity (Wildman–Crippen MR) is 110 cm³/mol. The summed E-state index contributed by atoms with van der Waals surface area (Å²) in [6.45, 7) is 11.6. The SMILES string of the molecule is Cc1ccc(C)n1CCN1CCN(C(=S)NC(=O)C2(C)CC2(Cl)Cl)CC1. The van der Waals surface area contributed by atoms with E-state index in [1.54, 1.807) is 6.92 Å². The van der Waals surface area contributed by atoms with Crippen LogP contribution in [0.2, 0.25) is 0 Å². The molecule has 1 aliphatic heterocycles. The van der Waals surface area contributed by atoms with E-state index in [4.69, 9.17) is 35.4 Å². The second kappa shape index (κ2) is 7.30. The number of nitrogens with one attached hydrogen (secondary N) is 1. The molecule has 144 valence electrons. The highest BCUT2D eigenvalue weighted by Gasteiger charge is 2.68. The lowest BCUT2D eigenvalue weighted by atomic mass is 10.1. The van der Waals surface area contributed by atoms with Crippen molar-refractivity contribution in [1.29, 1.82) is 0 Å². The third kappa shape index (κ3) is 3.88. The normalized spacial score (nSPS) is 25.2. The number of piperazine rings is 1. The molecule has 1 aliphatic carbocycles. The molecule has 0 bridgehead atoms. The van der Waals surface area contributed by atoms with Gasteiger partial charge in [-0.1, -0.05) is 0 Å². The molecule has 8 heteroatoms. The average molecular weight is 417 g/mol. The number of rotatable bonds is 4. The van der Waals surface area contributed by atoms with Gasteiger partial charge in [0.05, 0.1) is 5.41 Å². The predicted octanol–water partition coefficient (Wildman–Crippen LogP) is 2.71. The molecule has 3 rings (SSSR count).